The van der Waals surface area contributed by atoms with Gasteiger partial charge in [-0.3, -0.25) is 9.69 Å². The smallest absolute Gasteiger partial charge is 0.219 e. The number of piperidine rings is 1. The molecule has 2 aliphatic rings. The third kappa shape index (κ3) is 4.64. The standard InChI is InChI=1S/C23H29FN4O/c1-16(12-18-5-7-21(24)8-6-18)27-11-9-22-20(15-27)13-25-23(26-22)19-4-3-10-28(14-19)17(2)29/h5-8,13,16,19H,3-4,9-12,14-15H2,1-2H3. The van der Waals surface area contributed by atoms with Crippen molar-refractivity contribution in [1.82, 2.24) is 19.8 Å². The summed E-state index contributed by atoms with van der Waals surface area (Å²) in [6, 6.07) is 7.17. The molecule has 0 spiro atoms. The van der Waals surface area contributed by atoms with E-state index in [1.165, 1.54) is 17.7 Å². The monoisotopic (exact) mass is 396 g/mol. The number of aromatic nitrogens is 2. The minimum absolute atomic E-state index is 0.137. The molecule has 0 saturated carbocycles. The first-order valence-electron chi connectivity index (χ1n) is 10.6. The van der Waals surface area contributed by atoms with Crippen LogP contribution in [0.15, 0.2) is 30.5 Å². The minimum Gasteiger partial charge on any atom is -0.342 e. The molecule has 1 fully saturated rings. The van der Waals surface area contributed by atoms with Gasteiger partial charge in [0, 0.05) is 68.9 Å². The van der Waals surface area contributed by atoms with Gasteiger partial charge in [0.05, 0.1) is 0 Å². The molecule has 1 amide bonds. The van der Waals surface area contributed by atoms with E-state index in [0.717, 1.165) is 68.9 Å². The van der Waals surface area contributed by atoms with Crippen LogP contribution in [0.1, 0.15) is 55.3 Å². The number of likely N-dealkylation sites (tertiary alicyclic amines) is 1. The van der Waals surface area contributed by atoms with Crippen molar-refractivity contribution in [2.75, 3.05) is 19.6 Å². The number of hydrogen-bond donors (Lipinski definition) is 0. The van der Waals surface area contributed by atoms with Crippen LogP contribution in [-0.4, -0.2) is 51.4 Å². The van der Waals surface area contributed by atoms with E-state index >= 15 is 0 Å². The second-order valence-corrected chi connectivity index (χ2v) is 8.40. The Kier molecular flexibility index (Phi) is 5.90. The first kappa shape index (κ1) is 20.0. The zero-order chi connectivity index (χ0) is 20.4. The molecule has 3 heterocycles. The SMILES string of the molecule is CC(=O)N1CCCC(c2ncc3c(n2)CCN(C(C)Cc2ccc(F)cc2)C3)C1. The fourth-order valence-electron chi connectivity index (χ4n) is 4.49. The van der Waals surface area contributed by atoms with Crippen LogP contribution in [-0.2, 0) is 24.2 Å². The number of halogens is 1. The van der Waals surface area contributed by atoms with E-state index in [1.54, 1.807) is 6.92 Å². The Morgan fingerprint density at radius 3 is 2.83 bits per heavy atom. The van der Waals surface area contributed by atoms with Gasteiger partial charge >= 0.3 is 0 Å². The van der Waals surface area contributed by atoms with Gasteiger partial charge in [-0.15, -0.1) is 0 Å². The van der Waals surface area contributed by atoms with Crippen LogP contribution in [0.3, 0.4) is 0 Å². The highest BCUT2D eigenvalue weighted by atomic mass is 19.1. The van der Waals surface area contributed by atoms with Crippen LogP contribution in [0.25, 0.3) is 0 Å². The number of benzene rings is 1. The number of nitrogens with zero attached hydrogens (tertiary/aromatic N) is 4. The molecular weight excluding hydrogens is 367 g/mol. The molecule has 1 aromatic carbocycles. The van der Waals surface area contributed by atoms with Crippen molar-refractivity contribution in [2.45, 2.75) is 58.0 Å². The third-order valence-corrected chi connectivity index (χ3v) is 6.28. The summed E-state index contributed by atoms with van der Waals surface area (Å²) >= 11 is 0. The molecule has 2 unspecified atom stereocenters. The maximum absolute atomic E-state index is 13.1. The van der Waals surface area contributed by atoms with E-state index in [2.05, 4.69) is 16.8 Å². The van der Waals surface area contributed by atoms with E-state index in [1.807, 2.05) is 23.2 Å². The maximum Gasteiger partial charge on any atom is 0.219 e. The lowest BCUT2D eigenvalue weighted by molar-refractivity contribution is -0.130. The zero-order valence-corrected chi connectivity index (χ0v) is 17.3. The largest absolute Gasteiger partial charge is 0.342 e. The molecular formula is C23H29FN4O. The molecule has 0 bridgehead atoms. The van der Waals surface area contributed by atoms with Crippen molar-refractivity contribution in [3.05, 3.63) is 58.9 Å². The van der Waals surface area contributed by atoms with Gasteiger partial charge in [-0.25, -0.2) is 14.4 Å². The first-order valence-corrected chi connectivity index (χ1v) is 10.6. The van der Waals surface area contributed by atoms with Crippen molar-refractivity contribution in [2.24, 2.45) is 0 Å². The first-order chi connectivity index (χ1) is 14.0. The summed E-state index contributed by atoms with van der Waals surface area (Å²) in [4.78, 5) is 25.7. The average molecular weight is 397 g/mol. The van der Waals surface area contributed by atoms with Crippen molar-refractivity contribution in [1.29, 1.82) is 0 Å². The van der Waals surface area contributed by atoms with Crippen LogP contribution in [0.4, 0.5) is 4.39 Å². The normalized spacial score (nSPS) is 20.9. The van der Waals surface area contributed by atoms with E-state index in [0.29, 0.717) is 6.04 Å². The number of amides is 1. The molecule has 154 valence electrons. The Morgan fingerprint density at radius 1 is 1.28 bits per heavy atom. The van der Waals surface area contributed by atoms with Crippen molar-refractivity contribution in [3.63, 3.8) is 0 Å². The molecule has 5 nitrogen and oxygen atoms in total. The van der Waals surface area contributed by atoms with Crippen LogP contribution in [0, 0.1) is 5.82 Å². The molecule has 29 heavy (non-hydrogen) atoms. The lowest BCUT2D eigenvalue weighted by atomic mass is 9.96. The van der Waals surface area contributed by atoms with Crippen LogP contribution in [0.5, 0.6) is 0 Å². The van der Waals surface area contributed by atoms with Gasteiger partial charge in [0.2, 0.25) is 5.91 Å². The zero-order valence-electron chi connectivity index (χ0n) is 17.3. The molecule has 0 aliphatic carbocycles. The summed E-state index contributed by atoms with van der Waals surface area (Å²) in [5, 5.41) is 0. The predicted octanol–water partition coefficient (Wildman–Crippen LogP) is 3.33. The molecule has 1 saturated heterocycles. The Labute approximate surface area is 172 Å². The molecule has 2 atom stereocenters. The van der Waals surface area contributed by atoms with Crippen molar-refractivity contribution >= 4 is 5.91 Å². The highest BCUT2D eigenvalue weighted by Gasteiger charge is 2.27. The summed E-state index contributed by atoms with van der Waals surface area (Å²) in [5.74, 6) is 1.08. The molecule has 4 rings (SSSR count). The average Bonchev–Trinajstić information content (AvgIpc) is 2.74. The van der Waals surface area contributed by atoms with Crippen molar-refractivity contribution < 1.29 is 9.18 Å². The van der Waals surface area contributed by atoms with Crippen molar-refractivity contribution in [3.8, 4) is 0 Å². The third-order valence-electron chi connectivity index (χ3n) is 6.28. The summed E-state index contributed by atoms with van der Waals surface area (Å²) in [5.41, 5.74) is 3.51. The lowest BCUT2D eigenvalue weighted by Crippen LogP contribution is -2.40. The van der Waals surface area contributed by atoms with Gasteiger partial charge < -0.3 is 4.90 Å². The minimum atomic E-state index is -0.189. The second-order valence-electron chi connectivity index (χ2n) is 8.40. The highest BCUT2D eigenvalue weighted by Crippen LogP contribution is 2.27. The van der Waals surface area contributed by atoms with Crippen LogP contribution >= 0.6 is 0 Å². The molecule has 1 aromatic heterocycles. The number of hydrogen-bond acceptors (Lipinski definition) is 4. The summed E-state index contributed by atoms with van der Waals surface area (Å²) in [7, 11) is 0. The maximum atomic E-state index is 13.1. The topological polar surface area (TPSA) is 49.3 Å². The van der Waals surface area contributed by atoms with Gasteiger partial charge in [0.1, 0.15) is 11.6 Å². The quantitative estimate of drug-likeness (QED) is 0.795. The number of carbonyl (C=O) groups excluding carboxylic acids is 1. The Balaban J connectivity index is 1.41. The van der Waals surface area contributed by atoms with E-state index in [4.69, 9.17) is 4.98 Å². The molecule has 6 heteroatoms. The van der Waals surface area contributed by atoms with E-state index in [9.17, 15) is 9.18 Å². The van der Waals surface area contributed by atoms with Gasteiger partial charge in [-0.05, 0) is 43.9 Å². The second kappa shape index (κ2) is 8.57. The number of rotatable bonds is 4. The molecule has 2 aromatic rings. The predicted molar refractivity (Wildman–Crippen MR) is 110 cm³/mol. The molecule has 0 radical (unpaired) electrons. The Morgan fingerprint density at radius 2 is 2.07 bits per heavy atom. The molecule has 2 aliphatic heterocycles. The fraction of sp³-hybridized carbons (Fsp3) is 0.522. The Hall–Kier alpha value is -2.34. The van der Waals surface area contributed by atoms with Crippen LogP contribution < -0.4 is 0 Å². The summed E-state index contributed by atoms with van der Waals surface area (Å²) in [6.07, 6.45) is 5.86. The lowest BCUT2D eigenvalue weighted by Gasteiger charge is -2.34. The summed E-state index contributed by atoms with van der Waals surface area (Å²) in [6.45, 7) is 7.25. The Bertz CT molecular complexity index is 870. The van der Waals surface area contributed by atoms with Gasteiger partial charge in [-0.2, -0.15) is 0 Å². The van der Waals surface area contributed by atoms with Gasteiger partial charge in [0.25, 0.3) is 0 Å². The molecule has 0 N–H and O–H groups in total. The number of fused-ring (bicyclic) bond motifs is 1. The fourth-order valence-corrected chi connectivity index (χ4v) is 4.49. The van der Waals surface area contributed by atoms with E-state index < -0.39 is 0 Å². The number of carbonyl (C=O) groups is 1. The summed E-state index contributed by atoms with van der Waals surface area (Å²) < 4.78 is 13.1. The van der Waals surface area contributed by atoms with Gasteiger partial charge in [-0.1, -0.05) is 12.1 Å². The van der Waals surface area contributed by atoms with Crippen LogP contribution in [0.2, 0.25) is 0 Å². The highest BCUT2D eigenvalue weighted by molar-refractivity contribution is 5.73. The van der Waals surface area contributed by atoms with Gasteiger partial charge in [0.15, 0.2) is 0 Å². The van der Waals surface area contributed by atoms with E-state index in [-0.39, 0.29) is 17.6 Å².